The van der Waals surface area contributed by atoms with Gasteiger partial charge in [0.25, 0.3) is 0 Å². The number of hydrogen-bond donors (Lipinski definition) is 1. The van der Waals surface area contributed by atoms with Crippen molar-refractivity contribution >= 4 is 0 Å². The summed E-state index contributed by atoms with van der Waals surface area (Å²) in [6.45, 7) is 6.11. The molecule has 2 aliphatic heterocycles. The molecule has 2 heteroatoms. The topological polar surface area (TPSA) is 15.3 Å². The minimum atomic E-state index is 0.717. The lowest BCUT2D eigenvalue weighted by atomic mass is 10.1. The highest BCUT2D eigenvalue weighted by Crippen LogP contribution is 2.19. The van der Waals surface area contributed by atoms with Crippen LogP contribution in [0.25, 0.3) is 0 Å². The van der Waals surface area contributed by atoms with Crippen LogP contribution in [0.3, 0.4) is 0 Å². The normalized spacial score (nSPS) is 41.7. The number of rotatable bonds is 0. The van der Waals surface area contributed by atoms with Crippen LogP contribution in [-0.4, -0.2) is 36.6 Å². The summed E-state index contributed by atoms with van der Waals surface area (Å²) in [7, 11) is 0. The number of piperazine rings is 1. The van der Waals surface area contributed by atoms with Crippen molar-refractivity contribution in [2.24, 2.45) is 0 Å². The van der Waals surface area contributed by atoms with Crippen LogP contribution in [0.5, 0.6) is 0 Å². The summed E-state index contributed by atoms with van der Waals surface area (Å²) >= 11 is 0. The van der Waals surface area contributed by atoms with Crippen LogP contribution in [0.1, 0.15) is 19.8 Å². The molecule has 2 nitrogen and oxygen atoms in total. The van der Waals surface area contributed by atoms with Gasteiger partial charge in [0.2, 0.25) is 0 Å². The fraction of sp³-hybridized carbons (Fsp3) is 1.00. The molecule has 0 radical (unpaired) electrons. The van der Waals surface area contributed by atoms with Crippen LogP contribution in [0.2, 0.25) is 0 Å². The van der Waals surface area contributed by atoms with Gasteiger partial charge in [-0.1, -0.05) is 0 Å². The summed E-state index contributed by atoms with van der Waals surface area (Å²) in [5.41, 5.74) is 0. The minimum Gasteiger partial charge on any atom is -0.311 e. The van der Waals surface area contributed by atoms with E-state index in [4.69, 9.17) is 0 Å². The molecular formula is C8H16N2. The van der Waals surface area contributed by atoms with Gasteiger partial charge in [-0.05, 0) is 26.3 Å². The maximum atomic E-state index is 3.51. The van der Waals surface area contributed by atoms with Crippen molar-refractivity contribution in [3.63, 3.8) is 0 Å². The third kappa shape index (κ3) is 1.06. The van der Waals surface area contributed by atoms with Crippen molar-refractivity contribution < 1.29 is 0 Å². The third-order valence-corrected chi connectivity index (χ3v) is 2.71. The molecule has 10 heavy (non-hydrogen) atoms. The molecule has 0 aromatic rings. The van der Waals surface area contributed by atoms with E-state index in [1.54, 1.807) is 0 Å². The molecule has 0 spiro atoms. The zero-order valence-electron chi connectivity index (χ0n) is 6.64. The summed E-state index contributed by atoms with van der Waals surface area (Å²) in [4.78, 5) is 2.63. The Morgan fingerprint density at radius 2 is 2.40 bits per heavy atom. The Morgan fingerprint density at radius 1 is 1.50 bits per heavy atom. The van der Waals surface area contributed by atoms with Gasteiger partial charge in [0, 0.05) is 25.2 Å². The Balaban J connectivity index is 1.96. The maximum Gasteiger partial charge on any atom is 0.0221 e. The van der Waals surface area contributed by atoms with Crippen molar-refractivity contribution in [2.75, 3.05) is 19.6 Å². The molecule has 0 aromatic heterocycles. The molecule has 0 unspecified atom stereocenters. The molecule has 0 saturated carbocycles. The molecule has 1 N–H and O–H groups in total. The van der Waals surface area contributed by atoms with E-state index in [-0.39, 0.29) is 0 Å². The fourth-order valence-electron chi connectivity index (χ4n) is 2.12. The van der Waals surface area contributed by atoms with Gasteiger partial charge in [-0.2, -0.15) is 0 Å². The van der Waals surface area contributed by atoms with Crippen molar-refractivity contribution in [3.8, 4) is 0 Å². The lowest BCUT2D eigenvalue weighted by Crippen LogP contribution is -2.52. The van der Waals surface area contributed by atoms with Gasteiger partial charge >= 0.3 is 0 Å². The van der Waals surface area contributed by atoms with E-state index >= 15 is 0 Å². The van der Waals surface area contributed by atoms with E-state index in [2.05, 4.69) is 17.1 Å². The highest BCUT2D eigenvalue weighted by atomic mass is 15.2. The number of fused-ring (bicyclic) bond motifs is 1. The quantitative estimate of drug-likeness (QED) is 0.525. The highest BCUT2D eigenvalue weighted by molar-refractivity contribution is 4.88. The van der Waals surface area contributed by atoms with E-state index in [0.717, 1.165) is 6.04 Å². The highest BCUT2D eigenvalue weighted by Gasteiger charge is 2.28. The van der Waals surface area contributed by atoms with Gasteiger partial charge in [-0.15, -0.1) is 0 Å². The van der Waals surface area contributed by atoms with E-state index in [0.29, 0.717) is 6.04 Å². The van der Waals surface area contributed by atoms with Crippen molar-refractivity contribution in [2.45, 2.75) is 31.8 Å². The average molecular weight is 140 g/mol. The average Bonchev–Trinajstić information content (AvgIpc) is 2.33. The number of nitrogens with zero attached hydrogens (tertiary/aromatic N) is 1. The Morgan fingerprint density at radius 3 is 3.30 bits per heavy atom. The Labute approximate surface area is 62.6 Å². The van der Waals surface area contributed by atoms with Gasteiger partial charge in [0.1, 0.15) is 0 Å². The van der Waals surface area contributed by atoms with Crippen molar-refractivity contribution in [1.29, 1.82) is 0 Å². The second-order valence-corrected chi connectivity index (χ2v) is 3.60. The fourth-order valence-corrected chi connectivity index (χ4v) is 2.12. The van der Waals surface area contributed by atoms with E-state index in [9.17, 15) is 0 Å². The third-order valence-electron chi connectivity index (χ3n) is 2.71. The van der Waals surface area contributed by atoms with E-state index < -0.39 is 0 Å². The van der Waals surface area contributed by atoms with Gasteiger partial charge < -0.3 is 5.32 Å². The second kappa shape index (κ2) is 2.51. The summed E-state index contributed by atoms with van der Waals surface area (Å²) in [5, 5.41) is 3.51. The minimum absolute atomic E-state index is 0.717. The van der Waals surface area contributed by atoms with Gasteiger partial charge in [-0.25, -0.2) is 0 Å². The Bertz CT molecular complexity index is 124. The largest absolute Gasteiger partial charge is 0.311 e. The molecule has 2 heterocycles. The van der Waals surface area contributed by atoms with Crippen molar-refractivity contribution in [3.05, 3.63) is 0 Å². The van der Waals surface area contributed by atoms with E-state index in [1.807, 2.05) is 0 Å². The molecule has 0 amide bonds. The van der Waals surface area contributed by atoms with Crippen LogP contribution in [-0.2, 0) is 0 Å². The molecule has 0 aliphatic carbocycles. The first-order valence-electron chi connectivity index (χ1n) is 4.33. The standard InChI is InChI=1S/C8H16N2/c1-7-6-10-4-2-3-8(10)5-9-7/h7-9H,2-6H2,1H3/t7-,8+/m0/s1. The predicted molar refractivity (Wildman–Crippen MR) is 42.1 cm³/mol. The van der Waals surface area contributed by atoms with E-state index in [1.165, 1.54) is 32.5 Å². The van der Waals surface area contributed by atoms with Crippen LogP contribution in [0.15, 0.2) is 0 Å². The molecule has 2 rings (SSSR count). The Kier molecular flexibility index (Phi) is 1.66. The van der Waals surface area contributed by atoms with Gasteiger partial charge in [0.15, 0.2) is 0 Å². The first-order valence-corrected chi connectivity index (χ1v) is 4.33. The molecule has 2 aliphatic rings. The summed E-state index contributed by atoms with van der Waals surface area (Å²) in [5.74, 6) is 0. The summed E-state index contributed by atoms with van der Waals surface area (Å²) in [6, 6.07) is 1.59. The lowest BCUT2D eigenvalue weighted by molar-refractivity contribution is 0.180. The summed E-state index contributed by atoms with van der Waals surface area (Å²) in [6.07, 6.45) is 2.83. The first-order chi connectivity index (χ1) is 4.86. The maximum absolute atomic E-state index is 3.51. The molecule has 2 atom stereocenters. The molecule has 2 saturated heterocycles. The molecule has 0 aromatic carbocycles. The van der Waals surface area contributed by atoms with Gasteiger partial charge in [-0.3, -0.25) is 4.90 Å². The zero-order valence-corrected chi connectivity index (χ0v) is 6.64. The van der Waals surface area contributed by atoms with Crippen LogP contribution in [0.4, 0.5) is 0 Å². The molecule has 2 fully saturated rings. The van der Waals surface area contributed by atoms with Crippen molar-refractivity contribution in [1.82, 2.24) is 10.2 Å². The molecular weight excluding hydrogens is 124 g/mol. The number of nitrogens with one attached hydrogen (secondary N) is 1. The Hall–Kier alpha value is -0.0800. The monoisotopic (exact) mass is 140 g/mol. The first kappa shape index (κ1) is 6.62. The lowest BCUT2D eigenvalue weighted by Gasteiger charge is -2.34. The second-order valence-electron chi connectivity index (χ2n) is 3.60. The predicted octanol–water partition coefficient (Wildman–Crippen LogP) is 0.442. The van der Waals surface area contributed by atoms with Crippen LogP contribution < -0.4 is 5.32 Å². The summed E-state index contributed by atoms with van der Waals surface area (Å²) < 4.78 is 0. The molecule has 58 valence electrons. The number of hydrogen-bond acceptors (Lipinski definition) is 2. The van der Waals surface area contributed by atoms with Gasteiger partial charge in [0.05, 0.1) is 0 Å². The SMILES string of the molecule is C[C@H]1CN2CCC[C@@H]2CN1. The van der Waals surface area contributed by atoms with Crippen LogP contribution in [0, 0.1) is 0 Å². The smallest absolute Gasteiger partial charge is 0.0221 e. The van der Waals surface area contributed by atoms with Crippen LogP contribution >= 0.6 is 0 Å². The molecule has 0 bridgehead atoms. The zero-order chi connectivity index (χ0) is 6.97.